The Morgan fingerprint density at radius 3 is 2.45 bits per heavy atom. The first-order chi connectivity index (χ1) is 10.6. The summed E-state index contributed by atoms with van der Waals surface area (Å²) >= 11 is 1.59. The van der Waals surface area contributed by atoms with Crippen LogP contribution in [0.3, 0.4) is 0 Å². The molecule has 1 fully saturated rings. The summed E-state index contributed by atoms with van der Waals surface area (Å²) in [4.78, 5) is 9.29. The average molecular weight is 317 g/mol. The fourth-order valence-electron chi connectivity index (χ4n) is 2.50. The van der Waals surface area contributed by atoms with E-state index in [1.54, 1.807) is 11.3 Å². The zero-order valence-electron chi connectivity index (χ0n) is 13.1. The second-order valence-corrected chi connectivity index (χ2v) is 6.69. The summed E-state index contributed by atoms with van der Waals surface area (Å²) in [6, 6.07) is 8.55. The Bertz CT molecular complexity index is 599. The van der Waals surface area contributed by atoms with Gasteiger partial charge >= 0.3 is 0 Å². The van der Waals surface area contributed by atoms with Crippen LogP contribution in [-0.4, -0.2) is 43.1 Å². The summed E-state index contributed by atoms with van der Waals surface area (Å²) < 4.78 is 0. The van der Waals surface area contributed by atoms with Gasteiger partial charge in [0.1, 0.15) is 0 Å². The zero-order valence-corrected chi connectivity index (χ0v) is 13.9. The first kappa shape index (κ1) is 15.3. The molecule has 0 bridgehead atoms. The highest BCUT2D eigenvalue weighted by atomic mass is 32.1. The number of hydrogen-bond donors (Lipinski definition) is 2. The topological polar surface area (TPSA) is 57.4 Å². The molecule has 3 N–H and O–H groups in total. The summed E-state index contributed by atoms with van der Waals surface area (Å²) in [6.07, 6.45) is 0. The smallest absolute Gasteiger partial charge is 0.187 e. The zero-order chi connectivity index (χ0) is 15.5. The fourth-order valence-corrected chi connectivity index (χ4v) is 3.33. The highest BCUT2D eigenvalue weighted by Crippen LogP contribution is 2.25. The van der Waals surface area contributed by atoms with Crippen LogP contribution in [0.5, 0.6) is 0 Å². The highest BCUT2D eigenvalue weighted by molar-refractivity contribution is 7.13. The van der Waals surface area contributed by atoms with E-state index in [-0.39, 0.29) is 6.04 Å². The van der Waals surface area contributed by atoms with Crippen molar-refractivity contribution in [2.45, 2.75) is 13.0 Å². The van der Waals surface area contributed by atoms with Gasteiger partial charge in [-0.1, -0.05) is 0 Å². The van der Waals surface area contributed by atoms with Crippen molar-refractivity contribution >= 4 is 27.8 Å². The molecular formula is C16H23N5S. The van der Waals surface area contributed by atoms with Crippen LogP contribution < -0.4 is 16.0 Å². The van der Waals surface area contributed by atoms with Gasteiger partial charge in [-0.3, -0.25) is 0 Å². The Hall–Kier alpha value is -1.63. The van der Waals surface area contributed by atoms with Crippen LogP contribution in [0.1, 0.15) is 18.7 Å². The normalized spacial score (nSPS) is 17.5. The number of likely N-dealkylation sites (N-methyl/N-ethyl adjacent to an activating group) is 1. The van der Waals surface area contributed by atoms with Gasteiger partial charge in [0.2, 0.25) is 0 Å². The number of aromatic nitrogens is 1. The maximum absolute atomic E-state index is 5.84. The monoisotopic (exact) mass is 317 g/mol. The van der Waals surface area contributed by atoms with Crippen molar-refractivity contribution in [1.29, 1.82) is 0 Å². The number of nitrogens with two attached hydrogens (primary N) is 1. The van der Waals surface area contributed by atoms with Crippen LogP contribution in [0.15, 0.2) is 29.6 Å². The number of hydrogen-bond acceptors (Lipinski definition) is 6. The van der Waals surface area contributed by atoms with Crippen LogP contribution in [0.4, 0.5) is 16.5 Å². The number of nitrogens with zero attached hydrogens (tertiary/aromatic N) is 3. The van der Waals surface area contributed by atoms with E-state index in [9.17, 15) is 0 Å². The molecule has 0 saturated carbocycles. The molecule has 0 aliphatic carbocycles. The minimum Gasteiger partial charge on any atom is -0.369 e. The first-order valence-corrected chi connectivity index (χ1v) is 8.51. The van der Waals surface area contributed by atoms with Crippen LogP contribution in [0.2, 0.25) is 0 Å². The lowest BCUT2D eigenvalue weighted by Gasteiger charge is -2.34. The SMILES string of the molecule is CC(N)c1csc(Nc2ccc(N3CCN(C)CC3)cc2)n1. The van der Waals surface area contributed by atoms with Gasteiger partial charge in [0.05, 0.1) is 5.69 Å². The van der Waals surface area contributed by atoms with E-state index in [0.29, 0.717) is 0 Å². The molecule has 0 radical (unpaired) electrons. The second kappa shape index (κ2) is 6.64. The van der Waals surface area contributed by atoms with Crippen molar-refractivity contribution < 1.29 is 0 Å². The number of piperazine rings is 1. The van der Waals surface area contributed by atoms with Gasteiger partial charge in [0.15, 0.2) is 5.13 Å². The molecule has 1 aliphatic heterocycles. The van der Waals surface area contributed by atoms with Gasteiger partial charge in [-0.2, -0.15) is 0 Å². The van der Waals surface area contributed by atoms with E-state index < -0.39 is 0 Å². The number of rotatable bonds is 4. The van der Waals surface area contributed by atoms with Crippen molar-refractivity contribution in [3.63, 3.8) is 0 Å². The van der Waals surface area contributed by atoms with Crippen molar-refractivity contribution in [1.82, 2.24) is 9.88 Å². The van der Waals surface area contributed by atoms with Gasteiger partial charge in [0.25, 0.3) is 0 Å². The molecule has 0 spiro atoms. The largest absolute Gasteiger partial charge is 0.369 e. The number of benzene rings is 1. The molecule has 1 unspecified atom stereocenters. The average Bonchev–Trinajstić information content (AvgIpc) is 2.98. The predicted octanol–water partition coefficient (Wildman–Crippen LogP) is 2.66. The summed E-state index contributed by atoms with van der Waals surface area (Å²) in [6.45, 7) is 6.38. The first-order valence-electron chi connectivity index (χ1n) is 7.63. The van der Waals surface area contributed by atoms with Gasteiger partial charge in [0, 0.05) is 49.0 Å². The molecule has 0 amide bonds. The maximum atomic E-state index is 5.84. The number of thiazole rings is 1. The molecule has 1 atom stereocenters. The fraction of sp³-hybridized carbons (Fsp3) is 0.438. The molecule has 118 valence electrons. The highest BCUT2D eigenvalue weighted by Gasteiger charge is 2.14. The van der Waals surface area contributed by atoms with E-state index >= 15 is 0 Å². The van der Waals surface area contributed by atoms with Crippen LogP contribution in [-0.2, 0) is 0 Å². The van der Waals surface area contributed by atoms with E-state index in [2.05, 4.69) is 51.4 Å². The van der Waals surface area contributed by atoms with Crippen molar-refractivity contribution in [2.24, 2.45) is 5.73 Å². The minimum absolute atomic E-state index is 0.0218. The Kier molecular flexibility index (Phi) is 4.61. The lowest BCUT2D eigenvalue weighted by molar-refractivity contribution is 0.313. The lowest BCUT2D eigenvalue weighted by Crippen LogP contribution is -2.44. The summed E-state index contributed by atoms with van der Waals surface area (Å²) in [5.74, 6) is 0. The third-order valence-corrected chi connectivity index (χ3v) is 4.75. The van der Waals surface area contributed by atoms with Gasteiger partial charge in [-0.15, -0.1) is 11.3 Å². The predicted molar refractivity (Wildman–Crippen MR) is 94.2 cm³/mol. The van der Waals surface area contributed by atoms with Gasteiger partial charge < -0.3 is 20.9 Å². The van der Waals surface area contributed by atoms with E-state index in [0.717, 1.165) is 42.7 Å². The van der Waals surface area contributed by atoms with Gasteiger partial charge in [-0.05, 0) is 38.2 Å². The molecule has 5 nitrogen and oxygen atoms in total. The summed E-state index contributed by atoms with van der Waals surface area (Å²) in [7, 11) is 2.18. The molecule has 1 aromatic carbocycles. The molecule has 6 heteroatoms. The van der Waals surface area contributed by atoms with Crippen molar-refractivity contribution in [2.75, 3.05) is 43.4 Å². The summed E-state index contributed by atoms with van der Waals surface area (Å²) in [5.41, 5.74) is 9.12. The minimum atomic E-state index is -0.0218. The molecule has 1 aromatic heterocycles. The second-order valence-electron chi connectivity index (χ2n) is 5.83. The number of nitrogens with one attached hydrogen (secondary N) is 1. The van der Waals surface area contributed by atoms with Gasteiger partial charge in [-0.25, -0.2) is 4.98 Å². The lowest BCUT2D eigenvalue weighted by atomic mass is 10.2. The Balaban J connectivity index is 1.63. The van der Waals surface area contributed by atoms with Crippen molar-refractivity contribution in [3.8, 4) is 0 Å². The summed E-state index contributed by atoms with van der Waals surface area (Å²) in [5, 5.41) is 6.24. The third kappa shape index (κ3) is 3.58. The van der Waals surface area contributed by atoms with E-state index in [4.69, 9.17) is 5.73 Å². The number of anilines is 3. The van der Waals surface area contributed by atoms with E-state index in [1.165, 1.54) is 5.69 Å². The molecule has 22 heavy (non-hydrogen) atoms. The van der Waals surface area contributed by atoms with Crippen LogP contribution in [0, 0.1) is 0 Å². The van der Waals surface area contributed by atoms with Crippen LogP contribution >= 0.6 is 11.3 Å². The molecular weight excluding hydrogens is 294 g/mol. The Morgan fingerprint density at radius 2 is 1.86 bits per heavy atom. The van der Waals surface area contributed by atoms with Crippen LogP contribution in [0.25, 0.3) is 0 Å². The molecule has 1 aliphatic rings. The molecule has 1 saturated heterocycles. The molecule has 3 rings (SSSR count). The third-order valence-electron chi connectivity index (χ3n) is 3.98. The molecule has 2 heterocycles. The standard InChI is InChI=1S/C16H23N5S/c1-12(17)15-11-22-16(19-15)18-13-3-5-14(6-4-13)21-9-7-20(2)8-10-21/h3-6,11-12H,7-10,17H2,1-2H3,(H,18,19). The Morgan fingerprint density at radius 1 is 1.18 bits per heavy atom. The molecule has 2 aromatic rings. The van der Waals surface area contributed by atoms with E-state index in [1.807, 2.05) is 12.3 Å². The quantitative estimate of drug-likeness (QED) is 0.908. The maximum Gasteiger partial charge on any atom is 0.187 e. The Labute approximate surface area is 135 Å². The van der Waals surface area contributed by atoms with Crippen molar-refractivity contribution in [3.05, 3.63) is 35.3 Å².